The predicted octanol–water partition coefficient (Wildman–Crippen LogP) is 5.71. The Morgan fingerprint density at radius 2 is 0.926 bits per heavy atom. The molecule has 0 aliphatic heterocycles. The zero-order chi connectivity index (χ0) is 68.5. The van der Waals surface area contributed by atoms with E-state index in [4.69, 9.17) is 34.7 Å². The number of carbonyl (C=O) groups excluding carboxylic acids is 4. The largest absolute Gasteiger partial charge is 0.416 e. The van der Waals surface area contributed by atoms with Gasteiger partial charge < -0.3 is 32.3 Å². The van der Waals surface area contributed by atoms with Gasteiger partial charge in [0.1, 0.15) is 25.4 Å². The molecule has 2 amide bonds. The summed E-state index contributed by atoms with van der Waals surface area (Å²) >= 11 is 11.9. The number of aliphatic hydroxyl groups excluding tert-OH is 2. The molecule has 6 heterocycles. The van der Waals surface area contributed by atoms with Crippen molar-refractivity contribution in [2.24, 2.45) is 11.5 Å². The molecule has 2 saturated carbocycles. The van der Waals surface area contributed by atoms with Crippen LogP contribution < -0.4 is 33.5 Å². The predicted molar refractivity (Wildman–Crippen MR) is 320 cm³/mol. The van der Waals surface area contributed by atoms with Gasteiger partial charge in [-0.15, -0.1) is 20.4 Å². The van der Waals surface area contributed by atoms with E-state index in [1.807, 2.05) is 0 Å². The van der Waals surface area contributed by atoms with Crippen molar-refractivity contribution >= 4 is 46.6 Å². The molecule has 26 nitrogen and oxygen atoms in total. The Bertz CT molecular complexity index is 3960. The van der Waals surface area contributed by atoms with E-state index in [2.05, 4.69) is 51.0 Å². The highest BCUT2D eigenvalue weighted by atomic mass is 35.5. The van der Waals surface area contributed by atoms with E-state index in [-0.39, 0.29) is 107 Å². The number of aromatic nitrogens is 14. The highest BCUT2D eigenvalue weighted by molar-refractivity contribution is 6.31. The highest BCUT2D eigenvalue weighted by Crippen LogP contribution is 2.30. The van der Waals surface area contributed by atoms with E-state index in [0.717, 1.165) is 18.7 Å². The van der Waals surface area contributed by atoms with Gasteiger partial charge in [-0.25, -0.2) is 47.1 Å². The topological polar surface area (TPSA) is 352 Å². The van der Waals surface area contributed by atoms with Gasteiger partial charge in [0.05, 0.1) is 60.1 Å². The van der Waals surface area contributed by atoms with E-state index in [1.165, 1.54) is 85.5 Å². The van der Waals surface area contributed by atoms with Gasteiger partial charge in [-0.05, 0) is 101 Å². The number of Topliss-reactive ketones (excluding diaryl/α,β-unsaturated/α-hetero) is 2. The molecule has 10 rings (SSSR count). The lowest BCUT2D eigenvalue weighted by Crippen LogP contribution is -2.37. The van der Waals surface area contributed by atoms with Crippen LogP contribution in [0.25, 0.3) is 34.2 Å². The number of pyridine rings is 2. The van der Waals surface area contributed by atoms with Gasteiger partial charge in [0.25, 0.3) is 11.8 Å². The molecule has 500 valence electrons. The van der Waals surface area contributed by atoms with Crippen molar-refractivity contribution in [2.75, 3.05) is 0 Å². The quantitative estimate of drug-likeness (QED) is 0.0312. The van der Waals surface area contributed by atoms with Gasteiger partial charge in [-0.3, -0.25) is 38.3 Å². The molecule has 2 aromatic carbocycles. The summed E-state index contributed by atoms with van der Waals surface area (Å²) in [4.78, 5) is 96.5. The molecule has 8 N–H and O–H groups in total. The highest BCUT2D eigenvalue weighted by Gasteiger charge is 2.43. The second-order valence-electron chi connectivity index (χ2n) is 23.7. The first-order valence-electron chi connectivity index (χ1n) is 28.7. The van der Waals surface area contributed by atoms with Crippen LogP contribution in [-0.4, -0.2) is 162 Å². The number of amides is 2. The molecule has 6 aromatic heterocycles. The minimum absolute atomic E-state index is 0.0105. The monoisotopic (exact) mass is 1360 g/mol. The lowest BCUT2D eigenvalue weighted by molar-refractivity contribution is -0.207. The Balaban J connectivity index is 0.000000221. The number of hydrogen-bond acceptors (Lipinski definition) is 18. The number of carbonyl (C=O) groups is 4. The molecule has 0 radical (unpaired) electrons. The van der Waals surface area contributed by atoms with E-state index in [1.54, 1.807) is 27.7 Å². The fourth-order valence-electron chi connectivity index (χ4n) is 9.11. The Morgan fingerprint density at radius 3 is 1.23 bits per heavy atom. The first kappa shape index (κ1) is 69.4. The van der Waals surface area contributed by atoms with Crippen molar-refractivity contribution in [3.63, 3.8) is 0 Å². The van der Waals surface area contributed by atoms with E-state index in [9.17, 15) is 74.1 Å². The van der Waals surface area contributed by atoms with Crippen molar-refractivity contribution in [2.45, 2.75) is 152 Å². The van der Waals surface area contributed by atoms with E-state index >= 15 is 0 Å². The zero-order valence-corrected chi connectivity index (χ0v) is 51.7. The molecular weight excluding hydrogens is 1300 g/mol. The number of rotatable bonds is 24. The van der Waals surface area contributed by atoms with Crippen LogP contribution in [0, 0.1) is 0 Å². The van der Waals surface area contributed by atoms with Crippen molar-refractivity contribution in [1.82, 2.24) is 78.8 Å². The Hall–Kier alpha value is -8.96. The third kappa shape index (κ3) is 17.1. The lowest BCUT2D eigenvalue weighted by Gasteiger charge is -2.17. The standard InChI is InChI=1S/2C29H30ClF4N9O4/c2*1-28(2,35)9-7-21(44)25-38-23(39-43(25)20-12-36-10-8-17(20)26(46)37-19-11-18(19)31)14-42-27(47)41(13-22(45)29(32,33)34)24(40-42)15-3-5-16(30)6-4-15/h2*3-6,8,10,12,18-19,22,45H,7,9,11,13-14,35H2,1-2H3,(H,37,46)/t18-,19+,22+;18-,19+,22-/m10/s1. The van der Waals surface area contributed by atoms with Crippen LogP contribution in [0.2, 0.25) is 10.0 Å². The zero-order valence-electron chi connectivity index (χ0n) is 50.2. The van der Waals surface area contributed by atoms with Crippen LogP contribution in [-0.2, 0) is 26.2 Å². The Labute approximate surface area is 536 Å². The molecule has 0 saturated heterocycles. The minimum atomic E-state index is -5.02. The molecule has 2 fully saturated rings. The fraction of sp³-hybridized carbons (Fsp3) is 0.414. The average molecular weight is 1360 g/mol. The van der Waals surface area contributed by atoms with Crippen molar-refractivity contribution < 1.29 is 64.5 Å². The average Bonchev–Trinajstić information content (AvgIpc) is 1.62. The van der Waals surface area contributed by atoms with E-state index < -0.39 is 121 Å². The fourth-order valence-corrected chi connectivity index (χ4v) is 9.36. The minimum Gasteiger partial charge on any atom is -0.382 e. The van der Waals surface area contributed by atoms with Gasteiger partial charge in [-0.2, -0.15) is 26.3 Å². The third-order valence-corrected chi connectivity index (χ3v) is 15.0. The maximum absolute atomic E-state index is 13.5. The van der Waals surface area contributed by atoms with Gasteiger partial charge in [0, 0.05) is 70.3 Å². The molecular formula is C58H60Cl2F8N18O8. The van der Waals surface area contributed by atoms with Gasteiger partial charge in [0.15, 0.2) is 58.7 Å². The number of halogens is 10. The molecule has 36 heteroatoms. The van der Waals surface area contributed by atoms with Gasteiger partial charge in [-0.1, -0.05) is 23.2 Å². The lowest BCUT2D eigenvalue weighted by atomic mass is 9.98. The molecule has 94 heavy (non-hydrogen) atoms. The Morgan fingerprint density at radius 1 is 0.585 bits per heavy atom. The van der Waals surface area contributed by atoms with E-state index in [0.29, 0.717) is 19.2 Å². The maximum Gasteiger partial charge on any atom is 0.416 e. The molecule has 6 atom stereocenters. The maximum atomic E-state index is 13.5. The van der Waals surface area contributed by atoms with Crippen LogP contribution in [0.15, 0.2) is 95.0 Å². The Kier molecular flexibility index (Phi) is 20.3. The number of nitrogens with two attached hydrogens (primary N) is 2. The van der Waals surface area contributed by atoms with Crippen LogP contribution in [0.4, 0.5) is 35.1 Å². The summed E-state index contributed by atoms with van der Waals surface area (Å²) < 4.78 is 112. The summed E-state index contributed by atoms with van der Waals surface area (Å²) in [6, 6.07) is 13.0. The summed E-state index contributed by atoms with van der Waals surface area (Å²) in [6.45, 7) is 3.57. The van der Waals surface area contributed by atoms with Crippen LogP contribution in [0.3, 0.4) is 0 Å². The SMILES string of the molecule is CC(C)(N)CCC(=O)c1nc(Cn2nc(-c3ccc(Cl)cc3)n(C[C@H](O)C(F)(F)F)c2=O)nn1-c1cnccc1C(=O)N[C@@H]1C[C@@H]1F.CC(C)(N)CCC(=O)c1nc(Cn2nc(-c3ccc(Cl)cc3)n(C[C@H](O)C(F)(F)F)c2=O)nn1-c1cnccc1C(=O)N[C@H]1C[C@H]1F. The van der Waals surface area contributed by atoms with Gasteiger partial charge >= 0.3 is 23.7 Å². The molecule has 0 unspecified atom stereocenters. The second kappa shape index (κ2) is 27.5. The van der Waals surface area contributed by atoms with Crippen LogP contribution in [0.5, 0.6) is 0 Å². The molecule has 0 bridgehead atoms. The number of alkyl halides is 8. The third-order valence-electron chi connectivity index (χ3n) is 14.5. The smallest absolute Gasteiger partial charge is 0.382 e. The van der Waals surface area contributed by atoms with Gasteiger partial charge in [0.2, 0.25) is 0 Å². The van der Waals surface area contributed by atoms with Crippen molar-refractivity contribution in [3.8, 4) is 34.2 Å². The summed E-state index contributed by atoms with van der Waals surface area (Å²) in [5.41, 5.74) is 9.19. The van der Waals surface area contributed by atoms with Crippen LogP contribution in [0.1, 0.15) is 120 Å². The number of nitrogens with one attached hydrogen (secondary N) is 2. The number of hydrogen-bond donors (Lipinski definition) is 6. The number of benzene rings is 2. The van der Waals surface area contributed by atoms with Crippen molar-refractivity contribution in [3.05, 3.63) is 151 Å². The first-order chi connectivity index (χ1) is 44.0. The summed E-state index contributed by atoms with van der Waals surface area (Å²) in [5, 5.41) is 42.5. The summed E-state index contributed by atoms with van der Waals surface area (Å²) in [6.07, 6.45) is -12.3. The summed E-state index contributed by atoms with van der Waals surface area (Å²) in [7, 11) is 0. The summed E-state index contributed by atoms with van der Waals surface area (Å²) in [5.74, 6) is -3.51. The molecule has 2 aliphatic rings. The first-order valence-corrected chi connectivity index (χ1v) is 29.5. The van der Waals surface area contributed by atoms with Crippen molar-refractivity contribution in [1.29, 1.82) is 0 Å². The molecule has 8 aromatic rings. The number of ketones is 2. The molecule has 0 spiro atoms. The number of aliphatic hydroxyl groups is 2. The number of nitrogens with zero attached hydrogens (tertiary/aromatic N) is 14. The normalized spacial score (nSPS) is 17.0. The molecule has 2 aliphatic carbocycles. The van der Waals surface area contributed by atoms with Crippen LogP contribution >= 0.6 is 23.2 Å². The second-order valence-corrected chi connectivity index (χ2v) is 24.5.